The van der Waals surface area contributed by atoms with Gasteiger partial charge in [0.25, 0.3) is 0 Å². The van der Waals surface area contributed by atoms with Crippen LogP contribution in [0.5, 0.6) is 0 Å². The van der Waals surface area contributed by atoms with Crippen LogP contribution in [0.3, 0.4) is 0 Å². The summed E-state index contributed by atoms with van der Waals surface area (Å²) in [5.74, 6) is 0.255. The highest BCUT2D eigenvalue weighted by molar-refractivity contribution is 8.01. The molecule has 0 heterocycles. The summed E-state index contributed by atoms with van der Waals surface area (Å²) in [6.07, 6.45) is 2.73. The normalized spacial score (nSPS) is 15.6. The molecule has 0 aromatic carbocycles. The molecule has 0 aromatic rings. The lowest BCUT2D eigenvalue weighted by atomic mass is 10.1. The molecule has 0 aromatic heterocycles. The average molecular weight is 190 g/mol. The molecule has 0 aliphatic rings. The Balaban J connectivity index is 4.08. The second-order valence-electron chi connectivity index (χ2n) is 3.13. The molecule has 0 rings (SSSR count). The van der Waals surface area contributed by atoms with Crippen LogP contribution in [-0.2, 0) is 4.79 Å². The molecular weight excluding hydrogens is 172 g/mol. The number of thioether (sulfide) groups is 1. The van der Waals surface area contributed by atoms with E-state index >= 15 is 0 Å². The molecule has 2 nitrogen and oxygen atoms in total. The van der Waals surface area contributed by atoms with E-state index in [1.165, 1.54) is 0 Å². The van der Waals surface area contributed by atoms with Crippen molar-refractivity contribution < 1.29 is 9.90 Å². The predicted octanol–water partition coefficient (Wildman–Crippen LogP) is 2.77. The van der Waals surface area contributed by atoms with Crippen LogP contribution in [0.2, 0.25) is 0 Å². The fraction of sp³-hybridized carbons (Fsp3) is 0.889. The van der Waals surface area contributed by atoms with Gasteiger partial charge in [0.05, 0.1) is 0 Å². The third kappa shape index (κ3) is 3.48. The summed E-state index contributed by atoms with van der Waals surface area (Å²) in [6, 6.07) is 0. The molecule has 0 spiro atoms. The number of rotatable bonds is 6. The molecule has 1 unspecified atom stereocenters. The van der Waals surface area contributed by atoms with Gasteiger partial charge in [0, 0.05) is 0 Å². The molecule has 0 amide bonds. The summed E-state index contributed by atoms with van der Waals surface area (Å²) in [5.41, 5.74) is 0. The van der Waals surface area contributed by atoms with Crippen LogP contribution in [0.1, 0.15) is 40.0 Å². The van der Waals surface area contributed by atoms with E-state index < -0.39 is 10.7 Å². The zero-order valence-electron chi connectivity index (χ0n) is 8.09. The van der Waals surface area contributed by atoms with Gasteiger partial charge in [-0.1, -0.05) is 20.3 Å². The quantitative estimate of drug-likeness (QED) is 0.699. The average Bonchev–Trinajstić information content (AvgIpc) is 2.01. The zero-order valence-corrected chi connectivity index (χ0v) is 8.91. The molecule has 1 N–H and O–H groups in total. The monoisotopic (exact) mass is 190 g/mol. The molecule has 3 heteroatoms. The lowest BCUT2D eigenvalue weighted by Crippen LogP contribution is -2.31. The second kappa shape index (κ2) is 5.46. The first-order chi connectivity index (χ1) is 5.56. The molecule has 0 aliphatic heterocycles. The van der Waals surface area contributed by atoms with Gasteiger partial charge in [-0.25, -0.2) is 0 Å². The number of aliphatic carboxylic acids is 1. The first-order valence-electron chi connectivity index (χ1n) is 4.44. The number of hydrogen-bond acceptors (Lipinski definition) is 2. The molecule has 72 valence electrons. The number of carboxylic acid groups (broad SMARTS) is 1. The lowest BCUT2D eigenvalue weighted by Gasteiger charge is -2.23. The lowest BCUT2D eigenvalue weighted by molar-refractivity contribution is -0.139. The Kier molecular flexibility index (Phi) is 5.38. The van der Waals surface area contributed by atoms with Gasteiger partial charge in [0.1, 0.15) is 4.75 Å². The summed E-state index contributed by atoms with van der Waals surface area (Å²) in [5, 5.41) is 8.97. The Bertz CT molecular complexity index is 147. The van der Waals surface area contributed by atoms with Gasteiger partial charge in [-0.2, -0.15) is 0 Å². The molecule has 12 heavy (non-hydrogen) atoms. The van der Waals surface area contributed by atoms with E-state index in [1.54, 1.807) is 11.8 Å². The van der Waals surface area contributed by atoms with Crippen LogP contribution in [0, 0.1) is 0 Å². The molecule has 1 atom stereocenters. The molecule has 0 saturated heterocycles. The third-order valence-electron chi connectivity index (χ3n) is 1.80. The largest absolute Gasteiger partial charge is 0.480 e. The van der Waals surface area contributed by atoms with Crippen LogP contribution >= 0.6 is 11.8 Å². The second-order valence-corrected chi connectivity index (χ2v) is 4.73. The Morgan fingerprint density at radius 3 is 2.33 bits per heavy atom. The molecule has 0 aliphatic carbocycles. The smallest absolute Gasteiger partial charge is 0.319 e. The minimum Gasteiger partial charge on any atom is -0.480 e. The van der Waals surface area contributed by atoms with Crippen LogP contribution in [0.15, 0.2) is 0 Å². The highest BCUT2D eigenvalue weighted by Gasteiger charge is 2.31. The maximum Gasteiger partial charge on any atom is 0.319 e. The Hall–Kier alpha value is -0.180. The van der Waals surface area contributed by atoms with Gasteiger partial charge in [0.15, 0.2) is 0 Å². The van der Waals surface area contributed by atoms with E-state index in [9.17, 15) is 4.79 Å². The van der Waals surface area contributed by atoms with Gasteiger partial charge in [-0.05, 0) is 25.5 Å². The summed E-state index contributed by atoms with van der Waals surface area (Å²) >= 11 is 1.56. The molecule has 0 saturated carbocycles. The van der Waals surface area contributed by atoms with Crippen molar-refractivity contribution >= 4 is 17.7 Å². The fourth-order valence-corrected chi connectivity index (χ4v) is 2.17. The zero-order chi connectivity index (χ0) is 9.61. The standard InChI is InChI=1S/C9H18O2S/c1-4-6-9(3,8(10)11)12-7-5-2/h4-7H2,1-3H3,(H,10,11). The van der Waals surface area contributed by atoms with E-state index in [2.05, 4.69) is 6.92 Å². The summed E-state index contributed by atoms with van der Waals surface area (Å²) in [7, 11) is 0. The predicted molar refractivity (Wildman–Crippen MR) is 53.7 cm³/mol. The Labute approximate surface area is 78.7 Å². The highest BCUT2D eigenvalue weighted by atomic mass is 32.2. The van der Waals surface area contributed by atoms with Gasteiger partial charge in [-0.15, -0.1) is 11.8 Å². The van der Waals surface area contributed by atoms with Gasteiger partial charge < -0.3 is 5.11 Å². The maximum absolute atomic E-state index is 10.9. The van der Waals surface area contributed by atoms with Crippen LogP contribution < -0.4 is 0 Å². The highest BCUT2D eigenvalue weighted by Crippen LogP contribution is 2.30. The molecular formula is C9H18O2S. The molecule has 0 bridgehead atoms. The van der Waals surface area contributed by atoms with Crippen LogP contribution in [-0.4, -0.2) is 21.6 Å². The third-order valence-corrected chi connectivity index (χ3v) is 3.43. The van der Waals surface area contributed by atoms with E-state index in [4.69, 9.17) is 5.11 Å². The van der Waals surface area contributed by atoms with Gasteiger partial charge in [0.2, 0.25) is 0 Å². The van der Waals surface area contributed by atoms with Crippen molar-refractivity contribution in [3.05, 3.63) is 0 Å². The minimum absolute atomic E-state index is 0.565. The van der Waals surface area contributed by atoms with E-state index in [0.717, 1.165) is 25.0 Å². The van der Waals surface area contributed by atoms with E-state index in [-0.39, 0.29) is 0 Å². The number of hydrogen-bond donors (Lipinski definition) is 1. The Morgan fingerprint density at radius 1 is 1.42 bits per heavy atom. The van der Waals surface area contributed by atoms with Crippen molar-refractivity contribution in [3.63, 3.8) is 0 Å². The van der Waals surface area contributed by atoms with E-state index in [1.807, 2.05) is 13.8 Å². The van der Waals surface area contributed by atoms with Gasteiger partial charge in [-0.3, -0.25) is 4.79 Å². The van der Waals surface area contributed by atoms with Crippen molar-refractivity contribution in [2.24, 2.45) is 0 Å². The SMILES string of the molecule is CCCSC(C)(CCC)C(=O)O. The van der Waals surface area contributed by atoms with E-state index in [0.29, 0.717) is 0 Å². The first-order valence-corrected chi connectivity index (χ1v) is 5.42. The number of carboxylic acids is 1. The van der Waals surface area contributed by atoms with Crippen LogP contribution in [0.4, 0.5) is 0 Å². The molecule has 0 radical (unpaired) electrons. The summed E-state index contributed by atoms with van der Waals surface area (Å²) in [4.78, 5) is 10.9. The summed E-state index contributed by atoms with van der Waals surface area (Å²) in [6.45, 7) is 5.91. The van der Waals surface area contributed by atoms with Crippen molar-refractivity contribution in [2.75, 3.05) is 5.75 Å². The topological polar surface area (TPSA) is 37.3 Å². The van der Waals surface area contributed by atoms with Crippen molar-refractivity contribution in [2.45, 2.75) is 44.8 Å². The number of carbonyl (C=O) groups is 1. The van der Waals surface area contributed by atoms with Crippen molar-refractivity contribution in [1.29, 1.82) is 0 Å². The Morgan fingerprint density at radius 2 is 2.00 bits per heavy atom. The fourth-order valence-electron chi connectivity index (χ4n) is 1.05. The first kappa shape index (κ1) is 11.8. The van der Waals surface area contributed by atoms with Crippen molar-refractivity contribution in [3.8, 4) is 0 Å². The van der Waals surface area contributed by atoms with Gasteiger partial charge >= 0.3 is 5.97 Å². The maximum atomic E-state index is 10.9. The van der Waals surface area contributed by atoms with Crippen LogP contribution in [0.25, 0.3) is 0 Å². The summed E-state index contributed by atoms with van der Waals surface area (Å²) < 4.78 is -0.565. The molecule has 0 fully saturated rings. The van der Waals surface area contributed by atoms with Crippen molar-refractivity contribution in [1.82, 2.24) is 0 Å². The minimum atomic E-state index is -0.678.